The van der Waals surface area contributed by atoms with Crippen molar-refractivity contribution >= 4 is 51.3 Å². The second kappa shape index (κ2) is 11.4. The van der Waals surface area contributed by atoms with E-state index in [0.29, 0.717) is 47.5 Å². The number of ketones is 1. The van der Waals surface area contributed by atoms with Crippen LogP contribution in [0.5, 0.6) is 5.75 Å². The molecule has 0 radical (unpaired) electrons. The normalized spacial score (nSPS) is 13.6. The maximum Gasteiger partial charge on any atom is 0.296 e. The average molecular weight is 555 g/mol. The molecule has 1 fully saturated rings. The smallest absolute Gasteiger partial charge is 0.296 e. The highest BCUT2D eigenvalue weighted by Crippen LogP contribution is 2.37. The van der Waals surface area contributed by atoms with Gasteiger partial charge in [-0.25, -0.2) is 4.98 Å². The molecule has 0 atom stereocenters. The van der Waals surface area contributed by atoms with Crippen LogP contribution in [0.1, 0.15) is 36.7 Å². The Morgan fingerprint density at radius 3 is 2.44 bits per heavy atom. The van der Waals surface area contributed by atoms with Gasteiger partial charge in [-0.15, -0.1) is 0 Å². The van der Waals surface area contributed by atoms with Crippen LogP contribution in [0.25, 0.3) is 10.8 Å². The molecule has 10 heteroatoms. The van der Waals surface area contributed by atoms with Gasteiger partial charge in [-0.2, -0.15) is 4.98 Å². The number of nitrogens with zero attached hydrogens (tertiary/aromatic N) is 3. The van der Waals surface area contributed by atoms with Crippen molar-refractivity contribution in [3.8, 4) is 5.75 Å². The number of methoxy groups -OCH3 is 1. The predicted octanol–water partition coefficient (Wildman–Crippen LogP) is 4.92. The molecule has 1 aliphatic heterocycles. The Morgan fingerprint density at radius 1 is 1.00 bits per heavy atom. The standard InChI is InChI=1S/C31H34N6O4/c1-31(2,3)19-17-23(32)28(40-4)25(18-19)35-29(39)27(38)22-9-10-24(21-8-6-5-7-20(21)22)34-26-11-12-33-30(36-26)37-13-15-41-16-14-37/h5-12,17-18H,13-16,32H2,1-4H3,(H,35,39)(H,33,34,36). The largest absolute Gasteiger partial charge is 0.492 e. The molecule has 10 nitrogen and oxygen atoms in total. The van der Waals surface area contributed by atoms with Crippen molar-refractivity contribution in [3.05, 3.63) is 71.9 Å². The summed E-state index contributed by atoms with van der Waals surface area (Å²) in [6, 6.07) is 16.2. The molecule has 41 heavy (non-hydrogen) atoms. The quantitative estimate of drug-likeness (QED) is 0.165. The number of ether oxygens (including phenoxy) is 2. The second-order valence-electron chi connectivity index (χ2n) is 10.9. The van der Waals surface area contributed by atoms with Crippen molar-refractivity contribution in [1.82, 2.24) is 9.97 Å². The van der Waals surface area contributed by atoms with E-state index in [-0.39, 0.29) is 11.0 Å². The lowest BCUT2D eigenvalue weighted by Gasteiger charge is -2.26. The molecule has 0 unspecified atom stereocenters. The Kier molecular flexibility index (Phi) is 7.76. The van der Waals surface area contributed by atoms with Gasteiger partial charge in [0.05, 0.1) is 31.7 Å². The molecular weight excluding hydrogens is 520 g/mol. The third-order valence-electron chi connectivity index (χ3n) is 7.01. The van der Waals surface area contributed by atoms with Crippen molar-refractivity contribution in [1.29, 1.82) is 0 Å². The number of rotatable bonds is 7. The number of benzene rings is 3. The first-order valence-corrected chi connectivity index (χ1v) is 13.4. The fraction of sp³-hybridized carbons (Fsp3) is 0.290. The van der Waals surface area contributed by atoms with E-state index in [1.54, 1.807) is 30.5 Å². The molecule has 5 rings (SSSR count). The van der Waals surface area contributed by atoms with Gasteiger partial charge >= 0.3 is 0 Å². The van der Waals surface area contributed by atoms with E-state index in [1.807, 2.05) is 51.1 Å². The lowest BCUT2D eigenvalue weighted by atomic mass is 9.86. The summed E-state index contributed by atoms with van der Waals surface area (Å²) < 4.78 is 10.9. The number of aromatic nitrogens is 2. The van der Waals surface area contributed by atoms with Crippen LogP contribution in [0, 0.1) is 0 Å². The first kappa shape index (κ1) is 27.9. The number of hydrogen-bond acceptors (Lipinski definition) is 9. The summed E-state index contributed by atoms with van der Waals surface area (Å²) >= 11 is 0. The molecule has 0 bridgehead atoms. The lowest BCUT2D eigenvalue weighted by molar-refractivity contribution is -0.112. The van der Waals surface area contributed by atoms with Gasteiger partial charge in [-0.1, -0.05) is 45.0 Å². The highest BCUT2D eigenvalue weighted by molar-refractivity contribution is 6.48. The molecule has 1 aliphatic rings. The zero-order valence-corrected chi connectivity index (χ0v) is 23.7. The Hall–Kier alpha value is -4.70. The number of carbonyl (C=O) groups is 2. The number of nitrogens with two attached hydrogens (primary N) is 1. The summed E-state index contributed by atoms with van der Waals surface area (Å²) in [5, 5.41) is 7.49. The van der Waals surface area contributed by atoms with Crippen molar-refractivity contribution in [2.75, 3.05) is 54.7 Å². The zero-order valence-electron chi connectivity index (χ0n) is 23.7. The van der Waals surface area contributed by atoms with Gasteiger partial charge in [-0.05, 0) is 46.7 Å². The zero-order chi connectivity index (χ0) is 29.1. The summed E-state index contributed by atoms with van der Waals surface area (Å²) in [6.07, 6.45) is 1.71. The number of nitrogen functional groups attached to an aromatic ring is 1. The van der Waals surface area contributed by atoms with E-state index in [0.717, 1.165) is 29.7 Å². The number of fused-ring (bicyclic) bond motifs is 1. The van der Waals surface area contributed by atoms with Crippen LogP contribution in [-0.4, -0.2) is 55.1 Å². The third-order valence-corrected chi connectivity index (χ3v) is 7.01. The van der Waals surface area contributed by atoms with Crippen molar-refractivity contribution < 1.29 is 19.1 Å². The van der Waals surface area contributed by atoms with E-state index >= 15 is 0 Å². The monoisotopic (exact) mass is 554 g/mol. The third kappa shape index (κ3) is 5.92. The molecule has 0 saturated carbocycles. The highest BCUT2D eigenvalue weighted by atomic mass is 16.5. The van der Waals surface area contributed by atoms with E-state index in [4.69, 9.17) is 15.2 Å². The maximum atomic E-state index is 13.5. The molecule has 4 aromatic rings. The van der Waals surface area contributed by atoms with Crippen LogP contribution in [0.4, 0.5) is 28.8 Å². The van der Waals surface area contributed by atoms with E-state index < -0.39 is 11.7 Å². The number of carbonyl (C=O) groups excluding carboxylic acids is 2. The number of hydrogen-bond donors (Lipinski definition) is 3. The number of Topliss-reactive ketones (excluding diaryl/α,β-unsaturated/α-hetero) is 1. The summed E-state index contributed by atoms with van der Waals surface area (Å²) in [6.45, 7) is 8.84. The SMILES string of the molecule is COc1c(N)cc(C(C)(C)C)cc1NC(=O)C(=O)c1ccc(Nc2ccnc(N3CCOCC3)n2)c2ccccc12. The molecule has 2 heterocycles. The maximum absolute atomic E-state index is 13.5. The fourth-order valence-electron chi connectivity index (χ4n) is 4.78. The van der Waals surface area contributed by atoms with Gasteiger partial charge in [-0.3, -0.25) is 9.59 Å². The minimum atomic E-state index is -0.787. The molecule has 0 spiro atoms. The number of nitrogens with one attached hydrogen (secondary N) is 2. The lowest BCUT2D eigenvalue weighted by Crippen LogP contribution is -2.37. The first-order valence-electron chi connectivity index (χ1n) is 13.4. The van der Waals surface area contributed by atoms with Gasteiger partial charge < -0.3 is 30.7 Å². The molecular formula is C31H34N6O4. The van der Waals surface area contributed by atoms with Gasteiger partial charge in [0.2, 0.25) is 5.95 Å². The van der Waals surface area contributed by atoms with Gasteiger partial charge in [0.15, 0.2) is 5.75 Å². The highest BCUT2D eigenvalue weighted by Gasteiger charge is 2.24. The summed E-state index contributed by atoms with van der Waals surface area (Å²) in [7, 11) is 1.47. The van der Waals surface area contributed by atoms with Crippen LogP contribution in [0.3, 0.4) is 0 Å². The number of anilines is 5. The van der Waals surface area contributed by atoms with E-state index in [1.165, 1.54) is 7.11 Å². The van der Waals surface area contributed by atoms with Crippen LogP contribution in [0.2, 0.25) is 0 Å². The van der Waals surface area contributed by atoms with Crippen molar-refractivity contribution in [3.63, 3.8) is 0 Å². The van der Waals surface area contributed by atoms with Crippen LogP contribution in [0.15, 0.2) is 60.8 Å². The molecule has 3 aromatic carbocycles. The summed E-state index contributed by atoms with van der Waals surface area (Å²) in [5.74, 6) is 0.0890. The van der Waals surface area contributed by atoms with Crippen LogP contribution < -0.4 is 26.0 Å². The Bertz CT molecular complexity index is 1610. The second-order valence-corrected chi connectivity index (χ2v) is 10.9. The van der Waals surface area contributed by atoms with Gasteiger partial charge in [0.25, 0.3) is 11.7 Å². The summed E-state index contributed by atoms with van der Waals surface area (Å²) in [4.78, 5) is 37.9. The molecule has 0 aliphatic carbocycles. The number of amides is 1. The van der Waals surface area contributed by atoms with Crippen molar-refractivity contribution in [2.24, 2.45) is 0 Å². The van der Waals surface area contributed by atoms with Crippen LogP contribution >= 0.6 is 0 Å². The molecule has 212 valence electrons. The average Bonchev–Trinajstić information content (AvgIpc) is 2.97. The molecule has 4 N–H and O–H groups in total. The Balaban J connectivity index is 1.43. The van der Waals surface area contributed by atoms with E-state index in [2.05, 4.69) is 25.5 Å². The Morgan fingerprint density at radius 2 is 1.73 bits per heavy atom. The fourth-order valence-corrected chi connectivity index (χ4v) is 4.78. The molecule has 1 aromatic heterocycles. The minimum Gasteiger partial charge on any atom is -0.492 e. The predicted molar refractivity (Wildman–Crippen MR) is 161 cm³/mol. The van der Waals surface area contributed by atoms with Crippen molar-refractivity contribution in [2.45, 2.75) is 26.2 Å². The number of morpholine rings is 1. The minimum absolute atomic E-state index is 0.227. The first-order chi connectivity index (χ1) is 19.7. The summed E-state index contributed by atoms with van der Waals surface area (Å²) in [5.41, 5.74) is 8.64. The molecule has 1 saturated heterocycles. The van der Waals surface area contributed by atoms with E-state index in [9.17, 15) is 9.59 Å². The topological polar surface area (TPSA) is 132 Å². The van der Waals surface area contributed by atoms with Crippen LogP contribution in [-0.2, 0) is 14.9 Å². The Labute approximate surface area is 238 Å². The van der Waals surface area contributed by atoms with Gasteiger partial charge in [0, 0.05) is 35.9 Å². The molecule has 1 amide bonds. The van der Waals surface area contributed by atoms with Gasteiger partial charge in [0.1, 0.15) is 5.82 Å².